The summed E-state index contributed by atoms with van der Waals surface area (Å²) in [4.78, 5) is 4.43. The second-order valence-corrected chi connectivity index (χ2v) is 3.89. The van der Waals surface area contributed by atoms with E-state index in [9.17, 15) is 4.39 Å². The maximum absolute atomic E-state index is 13.0. The summed E-state index contributed by atoms with van der Waals surface area (Å²) in [6.45, 7) is 0. The molecule has 80 valence electrons. The number of fused-ring (bicyclic) bond motifs is 1. The number of aromatic nitrogens is 2. The van der Waals surface area contributed by atoms with Crippen LogP contribution in [0.25, 0.3) is 11.0 Å². The lowest BCUT2D eigenvalue weighted by Crippen LogP contribution is -1.98. The molecule has 0 aliphatic heterocycles. The van der Waals surface area contributed by atoms with Crippen LogP contribution in [0.1, 0.15) is 12.2 Å². The highest BCUT2D eigenvalue weighted by Crippen LogP contribution is 2.17. The molecule has 2 nitrogen and oxygen atoms in total. The molecular weight excluding hydrogens is 215 g/mol. The van der Waals surface area contributed by atoms with Crippen LogP contribution in [0.15, 0.2) is 18.2 Å². The van der Waals surface area contributed by atoms with Crippen LogP contribution in [0, 0.1) is 5.82 Å². The van der Waals surface area contributed by atoms with E-state index in [0.717, 1.165) is 29.7 Å². The summed E-state index contributed by atoms with van der Waals surface area (Å²) in [6.07, 6.45) is 1.72. The molecule has 4 heteroatoms. The minimum Gasteiger partial charge on any atom is -0.331 e. The van der Waals surface area contributed by atoms with E-state index in [1.165, 1.54) is 12.1 Å². The Morgan fingerprint density at radius 2 is 2.27 bits per heavy atom. The highest BCUT2D eigenvalue weighted by molar-refractivity contribution is 6.17. The Balaban J connectivity index is 2.45. The number of rotatable bonds is 3. The van der Waals surface area contributed by atoms with Gasteiger partial charge in [0.25, 0.3) is 0 Å². The number of nitrogens with zero attached hydrogens (tertiary/aromatic N) is 2. The van der Waals surface area contributed by atoms with Crippen molar-refractivity contribution in [2.75, 3.05) is 5.88 Å². The predicted molar refractivity (Wildman–Crippen MR) is 59.7 cm³/mol. The van der Waals surface area contributed by atoms with Crippen LogP contribution in [-0.2, 0) is 13.5 Å². The summed E-state index contributed by atoms with van der Waals surface area (Å²) >= 11 is 5.63. The van der Waals surface area contributed by atoms with Gasteiger partial charge >= 0.3 is 0 Å². The third kappa shape index (κ3) is 1.97. The van der Waals surface area contributed by atoms with Crippen molar-refractivity contribution in [2.24, 2.45) is 7.05 Å². The highest BCUT2D eigenvalue weighted by atomic mass is 35.5. The third-order valence-electron chi connectivity index (χ3n) is 2.47. The molecule has 0 atom stereocenters. The van der Waals surface area contributed by atoms with Gasteiger partial charge in [-0.05, 0) is 24.6 Å². The average Bonchev–Trinajstić information content (AvgIpc) is 2.53. The van der Waals surface area contributed by atoms with Crippen LogP contribution >= 0.6 is 11.6 Å². The molecule has 2 rings (SSSR count). The Hall–Kier alpha value is -1.09. The standard InChI is InChI=1S/C11H12ClFN2/c1-15-10-7-8(13)4-5-9(10)14-11(15)3-2-6-12/h4-5,7H,2-3,6H2,1H3. The monoisotopic (exact) mass is 226 g/mol. The van der Waals surface area contributed by atoms with Gasteiger partial charge < -0.3 is 4.57 Å². The quantitative estimate of drug-likeness (QED) is 0.736. The first-order valence-electron chi connectivity index (χ1n) is 4.89. The zero-order chi connectivity index (χ0) is 10.8. The van der Waals surface area contributed by atoms with Crippen LogP contribution in [0.3, 0.4) is 0 Å². The Bertz CT molecular complexity index is 479. The normalized spacial score (nSPS) is 11.1. The Kier molecular flexibility index (Phi) is 2.91. The minimum atomic E-state index is -0.227. The van der Waals surface area contributed by atoms with Crippen molar-refractivity contribution in [3.8, 4) is 0 Å². The predicted octanol–water partition coefficient (Wildman–Crippen LogP) is 2.88. The maximum Gasteiger partial charge on any atom is 0.125 e. The Morgan fingerprint density at radius 3 is 3.00 bits per heavy atom. The lowest BCUT2D eigenvalue weighted by Gasteiger charge is -2.00. The zero-order valence-corrected chi connectivity index (χ0v) is 9.26. The molecule has 1 heterocycles. The Morgan fingerprint density at radius 1 is 1.47 bits per heavy atom. The molecule has 0 amide bonds. The van der Waals surface area contributed by atoms with Gasteiger partial charge in [0.2, 0.25) is 0 Å². The van der Waals surface area contributed by atoms with Gasteiger partial charge in [-0.15, -0.1) is 11.6 Å². The highest BCUT2D eigenvalue weighted by Gasteiger charge is 2.07. The molecular formula is C11H12ClFN2. The number of alkyl halides is 1. The van der Waals surface area contributed by atoms with E-state index in [4.69, 9.17) is 11.6 Å². The van der Waals surface area contributed by atoms with E-state index in [2.05, 4.69) is 4.98 Å². The van der Waals surface area contributed by atoms with E-state index in [0.29, 0.717) is 5.88 Å². The largest absolute Gasteiger partial charge is 0.331 e. The summed E-state index contributed by atoms with van der Waals surface area (Å²) in [5, 5.41) is 0. The SMILES string of the molecule is Cn1c(CCCCl)nc2ccc(F)cc21. The molecule has 0 bridgehead atoms. The topological polar surface area (TPSA) is 17.8 Å². The smallest absolute Gasteiger partial charge is 0.125 e. The molecule has 2 aromatic rings. The van der Waals surface area contributed by atoms with Gasteiger partial charge in [0.15, 0.2) is 0 Å². The number of halogens is 2. The first-order valence-corrected chi connectivity index (χ1v) is 5.42. The first-order chi connectivity index (χ1) is 7.22. The summed E-state index contributed by atoms with van der Waals surface area (Å²) in [6, 6.07) is 4.64. The van der Waals surface area contributed by atoms with E-state index in [1.807, 2.05) is 11.6 Å². The molecule has 1 aromatic carbocycles. The lowest BCUT2D eigenvalue weighted by atomic mass is 10.3. The number of aryl methyl sites for hydroxylation is 2. The fraction of sp³-hybridized carbons (Fsp3) is 0.364. The number of hydrogen-bond acceptors (Lipinski definition) is 1. The van der Waals surface area contributed by atoms with Gasteiger partial charge in [-0.3, -0.25) is 0 Å². The molecule has 1 aromatic heterocycles. The summed E-state index contributed by atoms with van der Waals surface area (Å²) in [5.74, 6) is 1.35. The van der Waals surface area contributed by atoms with Gasteiger partial charge in [0.1, 0.15) is 11.6 Å². The molecule has 0 saturated heterocycles. The third-order valence-corrected chi connectivity index (χ3v) is 2.74. The van der Waals surface area contributed by atoms with E-state index >= 15 is 0 Å². The molecule has 0 N–H and O–H groups in total. The van der Waals surface area contributed by atoms with Gasteiger partial charge in [-0.1, -0.05) is 0 Å². The molecule has 0 aliphatic carbocycles. The van der Waals surface area contributed by atoms with Gasteiger partial charge in [-0.25, -0.2) is 9.37 Å². The first kappa shape index (κ1) is 10.4. The molecule has 15 heavy (non-hydrogen) atoms. The van der Waals surface area contributed by atoms with Gasteiger partial charge in [-0.2, -0.15) is 0 Å². The van der Waals surface area contributed by atoms with Crippen LogP contribution < -0.4 is 0 Å². The van der Waals surface area contributed by atoms with Gasteiger partial charge in [0, 0.05) is 19.3 Å². The molecule has 0 unspecified atom stereocenters. The van der Waals surface area contributed by atoms with E-state index in [1.54, 1.807) is 6.07 Å². The van der Waals surface area contributed by atoms with Crippen LogP contribution in [-0.4, -0.2) is 15.4 Å². The number of imidazole rings is 1. The van der Waals surface area contributed by atoms with E-state index < -0.39 is 0 Å². The summed E-state index contributed by atoms with van der Waals surface area (Å²) in [5.41, 5.74) is 1.67. The average molecular weight is 227 g/mol. The summed E-state index contributed by atoms with van der Waals surface area (Å²) in [7, 11) is 1.90. The number of benzene rings is 1. The Labute approximate surface area is 92.7 Å². The van der Waals surface area contributed by atoms with Crippen molar-refractivity contribution in [1.82, 2.24) is 9.55 Å². The van der Waals surface area contributed by atoms with Crippen molar-refractivity contribution in [1.29, 1.82) is 0 Å². The molecule has 0 spiro atoms. The second kappa shape index (κ2) is 4.19. The van der Waals surface area contributed by atoms with Crippen LogP contribution in [0.4, 0.5) is 4.39 Å². The second-order valence-electron chi connectivity index (χ2n) is 3.51. The number of hydrogen-bond donors (Lipinski definition) is 0. The van der Waals surface area contributed by atoms with Crippen molar-refractivity contribution >= 4 is 22.6 Å². The zero-order valence-electron chi connectivity index (χ0n) is 8.50. The minimum absolute atomic E-state index is 0.227. The molecule has 0 radical (unpaired) electrons. The van der Waals surface area contributed by atoms with Crippen molar-refractivity contribution in [2.45, 2.75) is 12.8 Å². The maximum atomic E-state index is 13.0. The van der Waals surface area contributed by atoms with Crippen LogP contribution in [0.5, 0.6) is 0 Å². The van der Waals surface area contributed by atoms with Gasteiger partial charge in [0.05, 0.1) is 11.0 Å². The molecule has 0 aliphatic rings. The molecule has 0 saturated carbocycles. The van der Waals surface area contributed by atoms with Crippen molar-refractivity contribution in [3.05, 3.63) is 29.8 Å². The fourth-order valence-electron chi connectivity index (χ4n) is 1.66. The molecule has 0 fully saturated rings. The van der Waals surface area contributed by atoms with Crippen molar-refractivity contribution < 1.29 is 4.39 Å². The summed E-state index contributed by atoms with van der Waals surface area (Å²) < 4.78 is 14.9. The van der Waals surface area contributed by atoms with Crippen molar-refractivity contribution in [3.63, 3.8) is 0 Å². The lowest BCUT2D eigenvalue weighted by molar-refractivity contribution is 0.628. The van der Waals surface area contributed by atoms with Crippen LogP contribution in [0.2, 0.25) is 0 Å². The fourth-order valence-corrected chi connectivity index (χ4v) is 1.80. The van der Waals surface area contributed by atoms with E-state index in [-0.39, 0.29) is 5.82 Å².